The van der Waals surface area contributed by atoms with Crippen molar-refractivity contribution in [1.29, 1.82) is 0 Å². The SMILES string of the molecule is COc1ccc2cc([C@H](C)C(=O)Nc3cccc(OCCC(C)C)c3)ccc2c1. The van der Waals surface area contributed by atoms with Crippen molar-refractivity contribution in [3.05, 3.63) is 66.2 Å². The van der Waals surface area contributed by atoms with Crippen LogP contribution < -0.4 is 14.8 Å². The van der Waals surface area contributed by atoms with Gasteiger partial charge in [-0.25, -0.2) is 0 Å². The molecule has 29 heavy (non-hydrogen) atoms. The van der Waals surface area contributed by atoms with Crippen LogP contribution >= 0.6 is 0 Å². The molecule has 1 N–H and O–H groups in total. The third-order valence-electron chi connectivity index (χ3n) is 5.03. The Labute approximate surface area is 172 Å². The largest absolute Gasteiger partial charge is 0.497 e. The van der Waals surface area contributed by atoms with Gasteiger partial charge in [0.05, 0.1) is 19.6 Å². The second-order valence-corrected chi connectivity index (χ2v) is 7.74. The van der Waals surface area contributed by atoms with Crippen molar-refractivity contribution in [2.24, 2.45) is 5.92 Å². The average Bonchev–Trinajstić information content (AvgIpc) is 2.72. The highest BCUT2D eigenvalue weighted by molar-refractivity contribution is 5.96. The smallest absolute Gasteiger partial charge is 0.231 e. The molecule has 0 spiro atoms. The number of fused-ring (bicyclic) bond motifs is 1. The van der Waals surface area contributed by atoms with Crippen LogP contribution in [0.1, 0.15) is 38.7 Å². The van der Waals surface area contributed by atoms with Crippen molar-refractivity contribution in [1.82, 2.24) is 0 Å². The highest BCUT2D eigenvalue weighted by atomic mass is 16.5. The second-order valence-electron chi connectivity index (χ2n) is 7.74. The van der Waals surface area contributed by atoms with Crippen LogP contribution in [-0.2, 0) is 4.79 Å². The summed E-state index contributed by atoms with van der Waals surface area (Å²) in [7, 11) is 1.66. The second kappa shape index (κ2) is 9.46. The highest BCUT2D eigenvalue weighted by Crippen LogP contribution is 2.26. The number of benzene rings is 3. The maximum Gasteiger partial charge on any atom is 0.231 e. The Morgan fingerprint density at radius 3 is 2.45 bits per heavy atom. The molecule has 1 atom stereocenters. The first-order chi connectivity index (χ1) is 14.0. The number of ether oxygens (including phenoxy) is 2. The predicted octanol–water partition coefficient (Wildman–Crippen LogP) is 6.02. The van der Waals surface area contributed by atoms with Crippen LogP contribution in [0.25, 0.3) is 10.8 Å². The molecule has 0 fully saturated rings. The van der Waals surface area contributed by atoms with Crippen molar-refractivity contribution < 1.29 is 14.3 Å². The van der Waals surface area contributed by atoms with E-state index in [0.717, 1.165) is 39.9 Å². The van der Waals surface area contributed by atoms with Gasteiger partial charge in [0.2, 0.25) is 5.91 Å². The summed E-state index contributed by atoms with van der Waals surface area (Å²) in [6.07, 6.45) is 1.00. The summed E-state index contributed by atoms with van der Waals surface area (Å²) >= 11 is 0. The van der Waals surface area contributed by atoms with Gasteiger partial charge in [0.25, 0.3) is 0 Å². The molecule has 1 amide bonds. The van der Waals surface area contributed by atoms with E-state index in [0.29, 0.717) is 12.5 Å². The van der Waals surface area contributed by atoms with Gasteiger partial charge < -0.3 is 14.8 Å². The lowest BCUT2D eigenvalue weighted by Crippen LogP contribution is -2.18. The lowest BCUT2D eigenvalue weighted by Gasteiger charge is -2.15. The monoisotopic (exact) mass is 391 g/mol. The number of hydrogen-bond donors (Lipinski definition) is 1. The van der Waals surface area contributed by atoms with Crippen LogP contribution in [0.2, 0.25) is 0 Å². The molecule has 0 aromatic heterocycles. The zero-order valence-corrected chi connectivity index (χ0v) is 17.6. The number of rotatable bonds is 8. The molecule has 3 rings (SSSR count). The normalized spacial score (nSPS) is 12.0. The molecule has 152 valence electrons. The molecule has 0 aliphatic carbocycles. The third kappa shape index (κ3) is 5.50. The average molecular weight is 392 g/mol. The quantitative estimate of drug-likeness (QED) is 0.511. The Kier molecular flexibility index (Phi) is 6.76. The summed E-state index contributed by atoms with van der Waals surface area (Å²) in [6, 6.07) is 19.6. The zero-order chi connectivity index (χ0) is 20.8. The van der Waals surface area contributed by atoms with Crippen molar-refractivity contribution in [3.8, 4) is 11.5 Å². The van der Waals surface area contributed by atoms with E-state index in [-0.39, 0.29) is 11.8 Å². The van der Waals surface area contributed by atoms with Gasteiger partial charge in [0.15, 0.2) is 0 Å². The molecular formula is C25H29NO3. The maximum absolute atomic E-state index is 12.8. The van der Waals surface area contributed by atoms with Gasteiger partial charge in [-0.1, -0.05) is 44.2 Å². The topological polar surface area (TPSA) is 47.6 Å². The molecule has 0 unspecified atom stereocenters. The highest BCUT2D eigenvalue weighted by Gasteiger charge is 2.16. The number of carbonyl (C=O) groups excluding carboxylic acids is 1. The Morgan fingerprint density at radius 2 is 1.69 bits per heavy atom. The summed E-state index contributed by atoms with van der Waals surface area (Å²) < 4.78 is 11.1. The van der Waals surface area contributed by atoms with E-state index in [2.05, 4.69) is 25.2 Å². The number of hydrogen-bond acceptors (Lipinski definition) is 3. The fraction of sp³-hybridized carbons (Fsp3) is 0.320. The van der Waals surface area contributed by atoms with Crippen molar-refractivity contribution in [2.45, 2.75) is 33.1 Å². The lowest BCUT2D eigenvalue weighted by atomic mass is 9.97. The third-order valence-corrected chi connectivity index (χ3v) is 5.03. The first-order valence-electron chi connectivity index (χ1n) is 10.1. The number of amides is 1. The Bertz CT molecular complexity index is 981. The summed E-state index contributed by atoms with van der Waals surface area (Å²) in [5.74, 6) is 1.88. The molecule has 3 aromatic rings. The Morgan fingerprint density at radius 1 is 0.931 bits per heavy atom. The minimum atomic E-state index is -0.271. The molecule has 4 heteroatoms. The van der Waals surface area contributed by atoms with Crippen LogP contribution in [0.3, 0.4) is 0 Å². The number of carbonyl (C=O) groups is 1. The first kappa shape index (κ1) is 20.7. The fourth-order valence-electron chi connectivity index (χ4n) is 3.12. The van der Waals surface area contributed by atoms with Crippen LogP contribution in [-0.4, -0.2) is 19.6 Å². The van der Waals surface area contributed by atoms with Gasteiger partial charge >= 0.3 is 0 Å². The van der Waals surface area contributed by atoms with Crippen LogP contribution in [0, 0.1) is 5.92 Å². The van der Waals surface area contributed by atoms with Gasteiger partial charge in [-0.3, -0.25) is 4.79 Å². The van der Waals surface area contributed by atoms with Crippen LogP contribution in [0.5, 0.6) is 11.5 Å². The Balaban J connectivity index is 1.68. The van der Waals surface area contributed by atoms with Crippen molar-refractivity contribution in [2.75, 3.05) is 19.0 Å². The summed E-state index contributed by atoms with van der Waals surface area (Å²) in [5, 5.41) is 5.18. The molecule has 0 heterocycles. The molecule has 0 saturated carbocycles. The lowest BCUT2D eigenvalue weighted by molar-refractivity contribution is -0.117. The minimum absolute atomic E-state index is 0.0443. The fourth-order valence-corrected chi connectivity index (χ4v) is 3.12. The molecule has 3 aromatic carbocycles. The zero-order valence-electron chi connectivity index (χ0n) is 17.6. The molecule has 0 bridgehead atoms. The van der Waals surface area contributed by atoms with Crippen LogP contribution in [0.15, 0.2) is 60.7 Å². The van der Waals surface area contributed by atoms with E-state index in [9.17, 15) is 4.79 Å². The summed E-state index contributed by atoms with van der Waals surface area (Å²) in [5.41, 5.74) is 1.72. The number of methoxy groups -OCH3 is 1. The van der Waals surface area contributed by atoms with E-state index in [4.69, 9.17) is 9.47 Å². The van der Waals surface area contributed by atoms with Gasteiger partial charge in [-0.05, 0) is 59.9 Å². The predicted molar refractivity (Wildman–Crippen MR) is 119 cm³/mol. The van der Waals surface area contributed by atoms with E-state index < -0.39 is 0 Å². The minimum Gasteiger partial charge on any atom is -0.497 e. The molecule has 0 saturated heterocycles. The van der Waals surface area contributed by atoms with E-state index in [1.54, 1.807) is 7.11 Å². The van der Waals surface area contributed by atoms with E-state index in [1.165, 1.54) is 0 Å². The van der Waals surface area contributed by atoms with Gasteiger partial charge in [-0.15, -0.1) is 0 Å². The maximum atomic E-state index is 12.8. The van der Waals surface area contributed by atoms with Gasteiger partial charge in [0.1, 0.15) is 11.5 Å². The van der Waals surface area contributed by atoms with Crippen molar-refractivity contribution >= 4 is 22.4 Å². The molecule has 0 aliphatic rings. The molecule has 0 aliphatic heterocycles. The summed E-state index contributed by atoms with van der Waals surface area (Å²) in [6.45, 7) is 6.94. The number of anilines is 1. The van der Waals surface area contributed by atoms with Crippen molar-refractivity contribution in [3.63, 3.8) is 0 Å². The first-order valence-corrected chi connectivity index (χ1v) is 10.1. The Hall–Kier alpha value is -3.01. The van der Waals surface area contributed by atoms with E-state index in [1.807, 2.05) is 61.5 Å². The number of nitrogens with one attached hydrogen (secondary N) is 1. The van der Waals surface area contributed by atoms with E-state index >= 15 is 0 Å². The molecule has 0 radical (unpaired) electrons. The molecular weight excluding hydrogens is 362 g/mol. The van der Waals surface area contributed by atoms with Gasteiger partial charge in [-0.2, -0.15) is 0 Å². The van der Waals surface area contributed by atoms with Gasteiger partial charge in [0, 0.05) is 11.8 Å². The molecule has 4 nitrogen and oxygen atoms in total. The summed E-state index contributed by atoms with van der Waals surface area (Å²) in [4.78, 5) is 12.8. The standard InChI is InChI=1S/C25H29NO3/c1-17(2)12-13-29-24-7-5-6-22(16-24)26-25(27)18(3)19-8-9-21-15-23(28-4)11-10-20(21)14-19/h5-11,14-18H,12-13H2,1-4H3,(H,26,27)/t18-/m0/s1. The van der Waals surface area contributed by atoms with Crippen LogP contribution in [0.4, 0.5) is 5.69 Å².